The Hall–Kier alpha value is -0.610. The zero-order valence-electron chi connectivity index (χ0n) is 12.9. The summed E-state index contributed by atoms with van der Waals surface area (Å²) in [5.74, 6) is 0.896. The van der Waals surface area contributed by atoms with Crippen LogP contribution in [-0.4, -0.2) is 49.6 Å². The van der Waals surface area contributed by atoms with Crippen molar-refractivity contribution in [3.05, 3.63) is 0 Å². The minimum Gasteiger partial charge on any atom is -0.356 e. The molecule has 0 radical (unpaired) electrons. The summed E-state index contributed by atoms with van der Waals surface area (Å²) in [5.41, 5.74) is 0. The van der Waals surface area contributed by atoms with Gasteiger partial charge in [-0.25, -0.2) is 0 Å². The lowest BCUT2D eigenvalue weighted by Crippen LogP contribution is -2.45. The van der Waals surface area contributed by atoms with Gasteiger partial charge in [0.25, 0.3) is 0 Å². The van der Waals surface area contributed by atoms with Crippen molar-refractivity contribution in [3.63, 3.8) is 0 Å². The first-order valence-electron chi connectivity index (χ1n) is 7.89. The van der Waals surface area contributed by atoms with E-state index in [4.69, 9.17) is 0 Å². The summed E-state index contributed by atoms with van der Waals surface area (Å²) in [6.07, 6.45) is 4.22. The third kappa shape index (κ3) is 6.39. The molecule has 0 aromatic heterocycles. The number of rotatable bonds is 8. The van der Waals surface area contributed by atoms with E-state index in [-0.39, 0.29) is 5.91 Å². The van der Waals surface area contributed by atoms with E-state index >= 15 is 0 Å². The second kappa shape index (κ2) is 9.32. The fourth-order valence-electron chi connectivity index (χ4n) is 2.72. The molecule has 4 nitrogen and oxygen atoms in total. The second-order valence-electron chi connectivity index (χ2n) is 5.64. The number of nitrogens with zero attached hydrogens (tertiary/aromatic N) is 1. The normalized spacial score (nSPS) is 22.2. The predicted octanol–water partition coefficient (Wildman–Crippen LogP) is 1.61. The highest BCUT2D eigenvalue weighted by Gasteiger charge is 2.23. The van der Waals surface area contributed by atoms with Gasteiger partial charge in [0, 0.05) is 32.1 Å². The number of carbonyl (C=O) groups is 1. The lowest BCUT2D eigenvalue weighted by molar-refractivity contribution is -0.121. The average molecular weight is 269 g/mol. The maximum absolute atomic E-state index is 11.5. The van der Waals surface area contributed by atoms with E-state index in [1.54, 1.807) is 0 Å². The van der Waals surface area contributed by atoms with Crippen LogP contribution in [0.3, 0.4) is 0 Å². The minimum atomic E-state index is 0.167. The van der Waals surface area contributed by atoms with Gasteiger partial charge < -0.3 is 15.5 Å². The maximum atomic E-state index is 11.5. The number of likely N-dealkylation sites (tertiary alicyclic amines) is 1. The van der Waals surface area contributed by atoms with Gasteiger partial charge in [-0.1, -0.05) is 13.8 Å². The van der Waals surface area contributed by atoms with Gasteiger partial charge in [-0.2, -0.15) is 0 Å². The number of carbonyl (C=O) groups excluding carboxylic acids is 1. The van der Waals surface area contributed by atoms with Gasteiger partial charge in [-0.05, 0) is 45.2 Å². The molecule has 1 aliphatic heterocycles. The lowest BCUT2D eigenvalue weighted by Gasteiger charge is -2.35. The summed E-state index contributed by atoms with van der Waals surface area (Å²) in [6.45, 7) is 11.8. The molecule has 112 valence electrons. The van der Waals surface area contributed by atoms with Crippen molar-refractivity contribution < 1.29 is 4.79 Å². The highest BCUT2D eigenvalue weighted by molar-refractivity contribution is 5.75. The van der Waals surface area contributed by atoms with Crippen LogP contribution < -0.4 is 10.6 Å². The molecule has 0 bridgehead atoms. The fraction of sp³-hybridized carbons (Fsp3) is 0.933. The van der Waals surface area contributed by atoms with Gasteiger partial charge in [0.1, 0.15) is 0 Å². The van der Waals surface area contributed by atoms with E-state index in [1.165, 1.54) is 25.9 Å². The fourth-order valence-corrected chi connectivity index (χ4v) is 2.72. The SMILES string of the molecule is CCCNC(=O)CCNC(C)C1CCCN(CC)C1. The Labute approximate surface area is 118 Å². The monoisotopic (exact) mass is 269 g/mol. The molecule has 0 aliphatic carbocycles. The third-order valence-electron chi connectivity index (χ3n) is 4.09. The van der Waals surface area contributed by atoms with Gasteiger partial charge in [0.15, 0.2) is 0 Å². The Morgan fingerprint density at radius 2 is 2.16 bits per heavy atom. The Kier molecular flexibility index (Phi) is 8.07. The Bertz CT molecular complexity index is 258. The van der Waals surface area contributed by atoms with Crippen LogP contribution in [0.5, 0.6) is 0 Å². The number of hydrogen-bond acceptors (Lipinski definition) is 3. The van der Waals surface area contributed by atoms with Crippen LogP contribution in [0.2, 0.25) is 0 Å². The lowest BCUT2D eigenvalue weighted by atomic mass is 9.91. The van der Waals surface area contributed by atoms with Crippen molar-refractivity contribution in [1.29, 1.82) is 0 Å². The van der Waals surface area contributed by atoms with Gasteiger partial charge in [-0.15, -0.1) is 0 Å². The molecule has 19 heavy (non-hydrogen) atoms. The first-order valence-corrected chi connectivity index (χ1v) is 7.89. The molecule has 4 heteroatoms. The van der Waals surface area contributed by atoms with Crippen molar-refractivity contribution in [1.82, 2.24) is 15.5 Å². The van der Waals surface area contributed by atoms with Crippen molar-refractivity contribution >= 4 is 5.91 Å². The Morgan fingerprint density at radius 1 is 1.37 bits per heavy atom. The molecule has 0 saturated carbocycles. The molecular weight excluding hydrogens is 238 g/mol. The minimum absolute atomic E-state index is 0.167. The number of amides is 1. The predicted molar refractivity (Wildman–Crippen MR) is 80.2 cm³/mol. The molecule has 0 spiro atoms. The summed E-state index contributed by atoms with van der Waals surface area (Å²) in [4.78, 5) is 14.0. The Balaban J connectivity index is 2.16. The van der Waals surface area contributed by atoms with Gasteiger partial charge in [-0.3, -0.25) is 4.79 Å². The number of hydrogen-bond donors (Lipinski definition) is 2. The van der Waals surface area contributed by atoms with Gasteiger partial charge in [0.2, 0.25) is 5.91 Å². The second-order valence-corrected chi connectivity index (χ2v) is 5.64. The molecular formula is C15H31N3O. The summed E-state index contributed by atoms with van der Waals surface area (Å²) < 4.78 is 0. The van der Waals surface area contributed by atoms with Gasteiger partial charge >= 0.3 is 0 Å². The van der Waals surface area contributed by atoms with Gasteiger partial charge in [0.05, 0.1) is 0 Å². The van der Waals surface area contributed by atoms with Crippen LogP contribution in [-0.2, 0) is 4.79 Å². The number of nitrogens with one attached hydrogen (secondary N) is 2. The Morgan fingerprint density at radius 3 is 2.84 bits per heavy atom. The van der Waals surface area contributed by atoms with E-state index in [9.17, 15) is 4.79 Å². The molecule has 1 aliphatic rings. The number of piperidine rings is 1. The standard InChI is InChI=1S/C15H31N3O/c1-4-9-17-15(19)8-10-16-13(3)14-7-6-11-18(5-2)12-14/h13-14,16H,4-12H2,1-3H3,(H,17,19). The zero-order chi connectivity index (χ0) is 14.1. The molecule has 0 aromatic carbocycles. The summed E-state index contributed by atoms with van der Waals surface area (Å²) >= 11 is 0. The first-order chi connectivity index (χ1) is 9.17. The molecule has 2 atom stereocenters. The quantitative estimate of drug-likeness (QED) is 0.704. The molecule has 1 saturated heterocycles. The maximum Gasteiger partial charge on any atom is 0.221 e. The molecule has 2 unspecified atom stereocenters. The van der Waals surface area contributed by atoms with E-state index < -0.39 is 0 Å². The molecule has 1 fully saturated rings. The first kappa shape index (κ1) is 16.4. The van der Waals surface area contributed by atoms with E-state index in [0.29, 0.717) is 12.5 Å². The molecule has 1 amide bonds. The summed E-state index contributed by atoms with van der Waals surface area (Å²) in [7, 11) is 0. The molecule has 1 rings (SSSR count). The molecule has 1 heterocycles. The van der Waals surface area contributed by atoms with Crippen LogP contribution in [0.1, 0.15) is 46.5 Å². The largest absolute Gasteiger partial charge is 0.356 e. The third-order valence-corrected chi connectivity index (χ3v) is 4.09. The zero-order valence-corrected chi connectivity index (χ0v) is 12.9. The summed E-state index contributed by atoms with van der Waals surface area (Å²) in [5, 5.41) is 6.43. The summed E-state index contributed by atoms with van der Waals surface area (Å²) in [6, 6.07) is 0.508. The van der Waals surface area contributed by atoms with Crippen LogP contribution >= 0.6 is 0 Å². The van der Waals surface area contributed by atoms with Crippen LogP contribution in [0.4, 0.5) is 0 Å². The molecule has 2 N–H and O–H groups in total. The van der Waals surface area contributed by atoms with Crippen LogP contribution in [0, 0.1) is 5.92 Å². The van der Waals surface area contributed by atoms with Crippen LogP contribution in [0.25, 0.3) is 0 Å². The van der Waals surface area contributed by atoms with Crippen molar-refractivity contribution in [3.8, 4) is 0 Å². The van der Waals surface area contributed by atoms with Crippen molar-refractivity contribution in [2.24, 2.45) is 5.92 Å². The van der Waals surface area contributed by atoms with E-state index in [1.807, 2.05) is 0 Å². The van der Waals surface area contributed by atoms with Crippen molar-refractivity contribution in [2.75, 3.05) is 32.7 Å². The van der Waals surface area contributed by atoms with E-state index in [2.05, 4.69) is 36.3 Å². The van der Waals surface area contributed by atoms with E-state index in [0.717, 1.165) is 32.0 Å². The molecule has 0 aromatic rings. The van der Waals surface area contributed by atoms with Crippen LogP contribution in [0.15, 0.2) is 0 Å². The van der Waals surface area contributed by atoms with Crippen molar-refractivity contribution in [2.45, 2.75) is 52.5 Å². The smallest absolute Gasteiger partial charge is 0.221 e. The average Bonchev–Trinajstić information content (AvgIpc) is 2.45. The highest BCUT2D eigenvalue weighted by atomic mass is 16.1. The highest BCUT2D eigenvalue weighted by Crippen LogP contribution is 2.19. The topological polar surface area (TPSA) is 44.4 Å².